The molecule has 192 valence electrons. The summed E-state index contributed by atoms with van der Waals surface area (Å²) in [6.45, 7) is 5.35. The zero-order chi connectivity index (χ0) is 26.5. The number of hydrogen-bond acceptors (Lipinski definition) is 4. The normalized spacial score (nSPS) is 12.4. The molecule has 0 saturated heterocycles. The minimum atomic E-state index is -3.88. The number of hydrogen-bond donors (Lipinski definition) is 1. The van der Waals surface area contributed by atoms with Crippen LogP contribution in [0.4, 0.5) is 5.69 Å². The molecule has 0 aliphatic rings. The van der Waals surface area contributed by atoms with E-state index in [1.165, 1.54) is 23.1 Å². The lowest BCUT2D eigenvalue weighted by molar-refractivity contribution is -0.139. The molecule has 1 N–H and O–H groups in total. The van der Waals surface area contributed by atoms with Gasteiger partial charge >= 0.3 is 0 Å². The Bertz CT molecular complexity index is 1190. The minimum absolute atomic E-state index is 0.00492. The molecule has 1 atom stereocenters. The van der Waals surface area contributed by atoms with Gasteiger partial charge in [0.25, 0.3) is 0 Å². The molecule has 12 heteroatoms. The lowest BCUT2D eigenvalue weighted by Gasteiger charge is -2.31. The molecule has 2 aromatic rings. The predicted octanol–water partition coefficient (Wildman–Crippen LogP) is 5.26. The van der Waals surface area contributed by atoms with Crippen LogP contribution >= 0.6 is 46.4 Å². The van der Waals surface area contributed by atoms with Crippen molar-refractivity contribution in [3.8, 4) is 0 Å². The average molecular weight is 583 g/mol. The van der Waals surface area contributed by atoms with Gasteiger partial charge in [0.1, 0.15) is 12.6 Å². The van der Waals surface area contributed by atoms with Crippen molar-refractivity contribution in [2.75, 3.05) is 23.7 Å². The Morgan fingerprint density at radius 1 is 0.914 bits per heavy atom. The van der Waals surface area contributed by atoms with Crippen molar-refractivity contribution in [2.24, 2.45) is 5.92 Å². The standard InChI is InChI=1S/C23H27Cl4N3O4S/c1-14(2)11-28-23(32)15(3)29(12-16-5-7-18(24)20(26)9-16)22(31)13-30(35(4,33)34)17-6-8-19(25)21(27)10-17/h5-10,14-15H,11-13H2,1-4H3,(H,28,32). The van der Waals surface area contributed by atoms with Crippen molar-refractivity contribution < 1.29 is 18.0 Å². The molecular formula is C23H27Cl4N3O4S. The summed E-state index contributed by atoms with van der Waals surface area (Å²) >= 11 is 24.2. The molecule has 1 unspecified atom stereocenters. The lowest BCUT2D eigenvalue weighted by Crippen LogP contribution is -2.51. The van der Waals surface area contributed by atoms with Gasteiger partial charge in [0.2, 0.25) is 21.8 Å². The summed E-state index contributed by atoms with van der Waals surface area (Å²) in [5, 5.41) is 3.83. The monoisotopic (exact) mass is 581 g/mol. The van der Waals surface area contributed by atoms with Gasteiger partial charge < -0.3 is 10.2 Å². The fourth-order valence-electron chi connectivity index (χ4n) is 3.12. The Morgan fingerprint density at radius 3 is 2.00 bits per heavy atom. The second-order valence-electron chi connectivity index (χ2n) is 8.45. The number of carbonyl (C=O) groups excluding carboxylic acids is 2. The van der Waals surface area contributed by atoms with Gasteiger partial charge in [-0.1, -0.05) is 66.3 Å². The van der Waals surface area contributed by atoms with Crippen molar-refractivity contribution in [2.45, 2.75) is 33.4 Å². The van der Waals surface area contributed by atoms with E-state index in [2.05, 4.69) is 5.32 Å². The van der Waals surface area contributed by atoms with Gasteiger partial charge in [0.15, 0.2) is 0 Å². The van der Waals surface area contributed by atoms with Gasteiger partial charge in [-0.2, -0.15) is 0 Å². The molecule has 0 aromatic heterocycles. The SMILES string of the molecule is CC(C)CNC(=O)C(C)N(Cc1ccc(Cl)c(Cl)c1)C(=O)CN(c1ccc(Cl)c(Cl)c1)S(C)(=O)=O. The van der Waals surface area contributed by atoms with Crippen LogP contribution in [0.2, 0.25) is 20.1 Å². The van der Waals surface area contributed by atoms with Crippen molar-refractivity contribution in [3.63, 3.8) is 0 Å². The molecule has 0 aliphatic carbocycles. The summed E-state index contributed by atoms with van der Waals surface area (Å²) in [6, 6.07) is 8.22. The van der Waals surface area contributed by atoms with Crippen LogP contribution in [0.5, 0.6) is 0 Å². The quantitative estimate of drug-likeness (QED) is 0.414. The van der Waals surface area contributed by atoms with Crippen molar-refractivity contribution in [1.82, 2.24) is 10.2 Å². The van der Waals surface area contributed by atoms with E-state index < -0.39 is 28.5 Å². The molecule has 0 aliphatic heterocycles. The van der Waals surface area contributed by atoms with E-state index in [0.29, 0.717) is 22.2 Å². The molecule has 0 saturated carbocycles. The molecule has 0 fully saturated rings. The average Bonchev–Trinajstić information content (AvgIpc) is 2.77. The first kappa shape index (κ1) is 29.5. The summed E-state index contributed by atoms with van der Waals surface area (Å²) in [5.74, 6) is -0.756. The third-order valence-corrected chi connectivity index (χ3v) is 7.68. The number of amides is 2. The molecule has 7 nitrogen and oxygen atoms in total. The Labute approximate surface area is 226 Å². The Morgan fingerprint density at radius 2 is 1.49 bits per heavy atom. The Kier molecular flexibility index (Phi) is 10.5. The first-order chi connectivity index (χ1) is 16.2. The number of sulfonamides is 1. The summed E-state index contributed by atoms with van der Waals surface area (Å²) < 4.78 is 26.1. The van der Waals surface area contributed by atoms with Gasteiger partial charge in [0, 0.05) is 13.1 Å². The van der Waals surface area contributed by atoms with Gasteiger partial charge in [-0.3, -0.25) is 13.9 Å². The van der Waals surface area contributed by atoms with Crippen LogP contribution in [0.25, 0.3) is 0 Å². The smallest absolute Gasteiger partial charge is 0.244 e. The predicted molar refractivity (Wildman–Crippen MR) is 143 cm³/mol. The van der Waals surface area contributed by atoms with Crippen LogP contribution in [0.1, 0.15) is 26.3 Å². The molecule has 0 radical (unpaired) electrons. The second-order valence-corrected chi connectivity index (χ2v) is 12.0. The van der Waals surface area contributed by atoms with Crippen LogP contribution in [0.3, 0.4) is 0 Å². The van der Waals surface area contributed by atoms with Crippen molar-refractivity contribution in [3.05, 3.63) is 62.1 Å². The van der Waals surface area contributed by atoms with Crippen LogP contribution in [-0.2, 0) is 26.2 Å². The van der Waals surface area contributed by atoms with E-state index in [9.17, 15) is 18.0 Å². The summed E-state index contributed by atoms with van der Waals surface area (Å²) in [4.78, 5) is 27.6. The molecule has 0 bridgehead atoms. The highest BCUT2D eigenvalue weighted by molar-refractivity contribution is 7.92. The largest absolute Gasteiger partial charge is 0.354 e. The number of carbonyl (C=O) groups is 2. The molecule has 0 heterocycles. The topological polar surface area (TPSA) is 86.8 Å². The summed E-state index contributed by atoms with van der Waals surface area (Å²) in [5.41, 5.74) is 0.790. The van der Waals surface area contributed by atoms with Gasteiger partial charge in [-0.15, -0.1) is 0 Å². The van der Waals surface area contributed by atoms with Crippen LogP contribution < -0.4 is 9.62 Å². The van der Waals surface area contributed by atoms with Crippen molar-refractivity contribution >= 4 is 73.9 Å². The number of anilines is 1. The maximum atomic E-state index is 13.5. The molecular weight excluding hydrogens is 556 g/mol. The van der Waals surface area contributed by atoms with E-state index >= 15 is 0 Å². The third kappa shape index (κ3) is 8.43. The fraction of sp³-hybridized carbons (Fsp3) is 0.391. The lowest BCUT2D eigenvalue weighted by atomic mass is 10.1. The zero-order valence-electron chi connectivity index (χ0n) is 19.7. The van der Waals surface area contributed by atoms with E-state index in [0.717, 1.165) is 10.6 Å². The fourth-order valence-corrected chi connectivity index (χ4v) is 4.58. The van der Waals surface area contributed by atoms with Gasteiger partial charge in [-0.05, 0) is 48.7 Å². The number of nitrogens with zero attached hydrogens (tertiary/aromatic N) is 2. The second kappa shape index (κ2) is 12.5. The molecule has 2 amide bonds. The summed E-state index contributed by atoms with van der Waals surface area (Å²) in [7, 11) is -3.88. The van der Waals surface area contributed by atoms with Gasteiger partial charge in [-0.25, -0.2) is 8.42 Å². The van der Waals surface area contributed by atoms with Crippen LogP contribution in [0.15, 0.2) is 36.4 Å². The van der Waals surface area contributed by atoms with Gasteiger partial charge in [0.05, 0.1) is 32.0 Å². The highest BCUT2D eigenvalue weighted by Gasteiger charge is 2.30. The van der Waals surface area contributed by atoms with Crippen molar-refractivity contribution in [1.29, 1.82) is 0 Å². The van der Waals surface area contributed by atoms with E-state index in [1.54, 1.807) is 25.1 Å². The molecule has 0 spiro atoms. The zero-order valence-corrected chi connectivity index (χ0v) is 23.5. The first-order valence-electron chi connectivity index (χ1n) is 10.6. The highest BCUT2D eigenvalue weighted by Crippen LogP contribution is 2.29. The molecule has 2 aromatic carbocycles. The van der Waals surface area contributed by atoms with E-state index in [-0.39, 0.29) is 34.1 Å². The Hall–Kier alpha value is -1.71. The summed E-state index contributed by atoms with van der Waals surface area (Å²) in [6.07, 6.45) is 0.977. The molecule has 2 rings (SSSR count). The maximum absolute atomic E-state index is 13.5. The highest BCUT2D eigenvalue weighted by atomic mass is 35.5. The number of rotatable bonds is 10. The third-order valence-electron chi connectivity index (χ3n) is 5.06. The number of nitrogens with one attached hydrogen (secondary N) is 1. The van der Waals surface area contributed by atoms with Crippen LogP contribution in [0, 0.1) is 5.92 Å². The minimum Gasteiger partial charge on any atom is -0.354 e. The van der Waals surface area contributed by atoms with Crippen LogP contribution in [-0.4, -0.2) is 50.5 Å². The van der Waals surface area contributed by atoms with E-state index in [1.807, 2.05) is 13.8 Å². The maximum Gasteiger partial charge on any atom is 0.244 e. The first-order valence-corrected chi connectivity index (χ1v) is 14.0. The number of benzene rings is 2. The Balaban J connectivity index is 2.41. The number of halogens is 4. The van der Waals surface area contributed by atoms with E-state index in [4.69, 9.17) is 46.4 Å². The molecule has 35 heavy (non-hydrogen) atoms.